The minimum absolute atomic E-state index is 0.0864. The van der Waals surface area contributed by atoms with Gasteiger partial charge in [-0.25, -0.2) is 4.79 Å². The van der Waals surface area contributed by atoms with Gasteiger partial charge in [0.25, 0.3) is 0 Å². The van der Waals surface area contributed by atoms with Gasteiger partial charge in [-0.05, 0) is 69.2 Å². The summed E-state index contributed by atoms with van der Waals surface area (Å²) in [6, 6.07) is 12.6. The highest BCUT2D eigenvalue weighted by atomic mass is 35.5. The molecule has 1 atom stereocenters. The standard InChI is InChI=1S/C23H27ClN4O3/c1-26-12-10-17(11-13-26)27-20-5-3-4-18(24)21(20)28(23(27)30)16-8-6-15(7-9-16)14-19(25)22(29)31-2/h3-9,17,19H,10-14,25H2,1-2H3. The van der Waals surface area contributed by atoms with Crippen molar-refractivity contribution in [3.05, 3.63) is 63.5 Å². The molecule has 1 saturated heterocycles. The van der Waals surface area contributed by atoms with Crippen molar-refractivity contribution in [3.8, 4) is 5.69 Å². The van der Waals surface area contributed by atoms with E-state index < -0.39 is 12.0 Å². The molecule has 0 amide bonds. The summed E-state index contributed by atoms with van der Waals surface area (Å²) in [5.41, 5.74) is 8.96. The molecule has 0 aliphatic carbocycles. The number of methoxy groups -OCH3 is 1. The molecule has 31 heavy (non-hydrogen) atoms. The Morgan fingerprint density at radius 1 is 1.19 bits per heavy atom. The van der Waals surface area contributed by atoms with Crippen LogP contribution in [0.25, 0.3) is 16.7 Å². The number of halogens is 1. The van der Waals surface area contributed by atoms with Crippen molar-refractivity contribution in [1.29, 1.82) is 0 Å². The maximum absolute atomic E-state index is 13.6. The van der Waals surface area contributed by atoms with Crippen molar-refractivity contribution in [3.63, 3.8) is 0 Å². The van der Waals surface area contributed by atoms with E-state index in [1.54, 1.807) is 4.57 Å². The SMILES string of the molecule is COC(=O)C(N)Cc1ccc(-n2c(=O)n(C3CCN(C)CC3)c3cccc(Cl)c32)cc1. The number of aromatic nitrogens is 2. The molecule has 4 rings (SSSR count). The lowest BCUT2D eigenvalue weighted by Crippen LogP contribution is -2.35. The molecule has 3 aromatic rings. The van der Waals surface area contributed by atoms with Crippen molar-refractivity contribution in [1.82, 2.24) is 14.0 Å². The fourth-order valence-electron chi connectivity index (χ4n) is 4.34. The number of rotatable bonds is 5. The Labute approximate surface area is 186 Å². The van der Waals surface area contributed by atoms with Crippen LogP contribution in [0.15, 0.2) is 47.3 Å². The molecule has 0 spiro atoms. The summed E-state index contributed by atoms with van der Waals surface area (Å²) in [4.78, 5) is 27.5. The van der Waals surface area contributed by atoms with Crippen molar-refractivity contribution in [2.75, 3.05) is 27.2 Å². The topological polar surface area (TPSA) is 82.5 Å². The van der Waals surface area contributed by atoms with Gasteiger partial charge in [-0.15, -0.1) is 0 Å². The molecular formula is C23H27ClN4O3. The molecule has 0 saturated carbocycles. The van der Waals surface area contributed by atoms with Crippen LogP contribution in [0.5, 0.6) is 0 Å². The predicted octanol–water partition coefficient (Wildman–Crippen LogP) is 2.76. The largest absolute Gasteiger partial charge is 0.468 e. The van der Waals surface area contributed by atoms with Crippen LogP contribution in [0.2, 0.25) is 5.02 Å². The molecule has 0 radical (unpaired) electrons. The van der Waals surface area contributed by atoms with Gasteiger partial charge < -0.3 is 15.4 Å². The highest BCUT2D eigenvalue weighted by Gasteiger charge is 2.25. The van der Waals surface area contributed by atoms with Crippen molar-refractivity contribution >= 4 is 28.6 Å². The number of benzene rings is 2. The summed E-state index contributed by atoms with van der Waals surface area (Å²) < 4.78 is 8.27. The fourth-order valence-corrected chi connectivity index (χ4v) is 4.60. The predicted molar refractivity (Wildman–Crippen MR) is 122 cm³/mol. The van der Waals surface area contributed by atoms with Crippen LogP contribution in [0, 0.1) is 0 Å². The number of carbonyl (C=O) groups is 1. The van der Waals surface area contributed by atoms with Gasteiger partial charge in [0.15, 0.2) is 0 Å². The van der Waals surface area contributed by atoms with E-state index in [-0.39, 0.29) is 11.7 Å². The zero-order valence-corrected chi connectivity index (χ0v) is 18.5. The van der Waals surface area contributed by atoms with Crippen LogP contribution < -0.4 is 11.4 Å². The number of nitrogens with two attached hydrogens (primary N) is 1. The lowest BCUT2D eigenvalue weighted by molar-refractivity contribution is -0.142. The maximum atomic E-state index is 13.6. The lowest BCUT2D eigenvalue weighted by Gasteiger charge is -2.29. The van der Waals surface area contributed by atoms with E-state index >= 15 is 0 Å². The first-order chi connectivity index (χ1) is 14.9. The van der Waals surface area contributed by atoms with Gasteiger partial charge >= 0.3 is 11.7 Å². The third-order valence-corrected chi connectivity index (χ3v) is 6.36. The number of likely N-dealkylation sites (tertiary alicyclic amines) is 1. The molecule has 1 aliphatic heterocycles. The number of carbonyl (C=O) groups excluding carboxylic acids is 1. The average molecular weight is 443 g/mol. The molecule has 7 nitrogen and oxygen atoms in total. The van der Waals surface area contributed by atoms with Crippen LogP contribution >= 0.6 is 11.6 Å². The van der Waals surface area contributed by atoms with Crippen molar-refractivity contribution in [2.45, 2.75) is 31.3 Å². The Kier molecular flexibility index (Phi) is 6.18. The Morgan fingerprint density at radius 2 is 1.87 bits per heavy atom. The van der Waals surface area contributed by atoms with Gasteiger partial charge in [-0.3, -0.25) is 13.9 Å². The van der Waals surface area contributed by atoms with Crippen LogP contribution in [-0.4, -0.2) is 53.3 Å². The molecule has 1 aromatic heterocycles. The Morgan fingerprint density at radius 3 is 2.52 bits per heavy atom. The van der Waals surface area contributed by atoms with Crippen LogP contribution in [0.3, 0.4) is 0 Å². The number of fused-ring (bicyclic) bond motifs is 1. The second kappa shape index (κ2) is 8.86. The van der Waals surface area contributed by atoms with Gasteiger partial charge in [-0.2, -0.15) is 0 Å². The molecule has 2 aromatic carbocycles. The smallest absolute Gasteiger partial charge is 0.334 e. The van der Waals surface area contributed by atoms with E-state index in [0.29, 0.717) is 17.0 Å². The first kappa shape index (κ1) is 21.6. The van der Waals surface area contributed by atoms with Gasteiger partial charge in [0.1, 0.15) is 6.04 Å². The number of nitrogens with zero attached hydrogens (tertiary/aromatic N) is 3. The second-order valence-corrected chi connectivity index (χ2v) is 8.54. The molecule has 2 N–H and O–H groups in total. The number of esters is 1. The van der Waals surface area contributed by atoms with Crippen molar-refractivity contribution in [2.24, 2.45) is 5.73 Å². The number of hydrogen-bond acceptors (Lipinski definition) is 5. The minimum atomic E-state index is -0.723. The van der Waals surface area contributed by atoms with Gasteiger partial charge in [0, 0.05) is 6.04 Å². The van der Waals surface area contributed by atoms with Crippen molar-refractivity contribution < 1.29 is 9.53 Å². The van der Waals surface area contributed by atoms with Gasteiger partial charge in [0.05, 0.1) is 28.9 Å². The summed E-state index contributed by atoms with van der Waals surface area (Å²) in [6.07, 6.45) is 2.21. The summed E-state index contributed by atoms with van der Waals surface area (Å²) in [5, 5.41) is 0.540. The lowest BCUT2D eigenvalue weighted by atomic mass is 10.1. The number of piperidine rings is 1. The molecule has 1 fully saturated rings. The highest BCUT2D eigenvalue weighted by molar-refractivity contribution is 6.35. The number of para-hydroxylation sites is 1. The molecule has 1 aliphatic rings. The highest BCUT2D eigenvalue weighted by Crippen LogP contribution is 2.30. The molecule has 164 valence electrons. The molecule has 0 bridgehead atoms. The monoisotopic (exact) mass is 442 g/mol. The summed E-state index contributed by atoms with van der Waals surface area (Å²) in [7, 11) is 3.42. The van der Waals surface area contributed by atoms with E-state index in [1.807, 2.05) is 47.0 Å². The first-order valence-corrected chi connectivity index (χ1v) is 10.8. The summed E-state index contributed by atoms with van der Waals surface area (Å²) >= 11 is 6.56. The zero-order chi connectivity index (χ0) is 22.1. The third-order valence-electron chi connectivity index (χ3n) is 6.05. The van der Waals surface area contributed by atoms with Crippen LogP contribution in [0.4, 0.5) is 0 Å². The molecule has 2 heterocycles. The quantitative estimate of drug-likeness (QED) is 0.614. The van der Waals surface area contributed by atoms with Crippen LogP contribution in [-0.2, 0) is 16.0 Å². The van der Waals surface area contributed by atoms with E-state index in [1.165, 1.54) is 7.11 Å². The minimum Gasteiger partial charge on any atom is -0.468 e. The van der Waals surface area contributed by atoms with E-state index in [9.17, 15) is 9.59 Å². The maximum Gasteiger partial charge on any atom is 0.334 e. The van der Waals surface area contributed by atoms with E-state index in [4.69, 9.17) is 22.1 Å². The number of hydrogen-bond donors (Lipinski definition) is 1. The second-order valence-electron chi connectivity index (χ2n) is 8.13. The molecular weight excluding hydrogens is 416 g/mol. The normalized spacial score (nSPS) is 16.5. The van der Waals surface area contributed by atoms with Crippen LogP contribution in [0.1, 0.15) is 24.4 Å². The Bertz CT molecular complexity index is 1140. The average Bonchev–Trinajstić information content (AvgIpc) is 3.07. The van der Waals surface area contributed by atoms with E-state index in [2.05, 4.69) is 11.9 Å². The molecule has 8 heteroatoms. The number of ether oxygens (including phenoxy) is 1. The fraction of sp³-hybridized carbons (Fsp3) is 0.391. The first-order valence-electron chi connectivity index (χ1n) is 10.4. The third kappa shape index (κ3) is 4.13. The molecule has 1 unspecified atom stereocenters. The zero-order valence-electron chi connectivity index (χ0n) is 17.8. The van der Waals surface area contributed by atoms with Gasteiger partial charge in [0.2, 0.25) is 0 Å². The van der Waals surface area contributed by atoms with Gasteiger partial charge in [-0.1, -0.05) is 29.8 Å². The summed E-state index contributed by atoms with van der Waals surface area (Å²) in [6.45, 7) is 1.92. The number of imidazole rings is 1. The Hall–Kier alpha value is -2.61. The van der Waals surface area contributed by atoms with E-state index in [0.717, 1.165) is 42.7 Å². The Balaban J connectivity index is 1.75. The summed E-state index contributed by atoms with van der Waals surface area (Å²) in [5.74, 6) is -0.451.